The van der Waals surface area contributed by atoms with Gasteiger partial charge >= 0.3 is 0 Å². The minimum absolute atomic E-state index is 0.674. The van der Waals surface area contributed by atoms with Crippen molar-refractivity contribution >= 4 is 0 Å². The molecule has 2 nitrogen and oxygen atoms in total. The van der Waals surface area contributed by atoms with Crippen molar-refractivity contribution in [3.63, 3.8) is 0 Å². The van der Waals surface area contributed by atoms with E-state index < -0.39 is 0 Å². The maximum atomic E-state index is 7.14. The van der Waals surface area contributed by atoms with Crippen LogP contribution in [0.15, 0.2) is 30.3 Å². The lowest BCUT2D eigenvalue weighted by atomic mass is 10.3. The molecule has 66 valence electrons. The average molecular weight is 166 g/mol. The van der Waals surface area contributed by atoms with E-state index in [1.807, 2.05) is 30.3 Å². The fourth-order valence-electron chi connectivity index (χ4n) is 0.929. The van der Waals surface area contributed by atoms with Crippen LogP contribution in [0.4, 0.5) is 0 Å². The van der Waals surface area contributed by atoms with Gasteiger partial charge in [-0.25, -0.2) is 0 Å². The smallest absolute Gasteiger partial charge is 0.122 e. The lowest BCUT2D eigenvalue weighted by molar-refractivity contribution is 0.310. The van der Waals surface area contributed by atoms with Crippen LogP contribution in [-0.2, 0) is 0 Å². The normalized spacial score (nSPS) is 11.3. The molecule has 1 rings (SSSR count). The van der Waals surface area contributed by atoms with Crippen LogP contribution in [0.5, 0.6) is 5.75 Å². The minimum atomic E-state index is 0.674. The van der Waals surface area contributed by atoms with Crippen LogP contribution in [0.3, 0.4) is 0 Å². The van der Waals surface area contributed by atoms with Crippen LogP contribution in [-0.4, -0.2) is 20.2 Å². The van der Waals surface area contributed by atoms with Crippen LogP contribution in [0, 0.1) is 0 Å². The van der Waals surface area contributed by atoms with Crippen LogP contribution in [0.25, 0.3) is 0 Å². The monoisotopic (exact) mass is 166 g/mol. The molecule has 0 radical (unpaired) electrons. The Morgan fingerprint density at radius 2 is 2.17 bits per heavy atom. The maximum absolute atomic E-state index is 7.14. The van der Waals surface area contributed by atoms with E-state index in [2.05, 4.69) is 0 Å². The SMILES string of the molecule is [2H]N(C)CCCOc1ccccc1. The molecular weight excluding hydrogens is 150 g/mol. The fraction of sp³-hybridized carbons (Fsp3) is 0.400. The predicted octanol–water partition coefficient (Wildman–Crippen LogP) is 1.67. The highest BCUT2D eigenvalue weighted by molar-refractivity contribution is 5.20. The van der Waals surface area contributed by atoms with E-state index >= 15 is 0 Å². The number of ether oxygens (including phenoxy) is 1. The molecular formula is C10H15NO. The van der Waals surface area contributed by atoms with Gasteiger partial charge in [-0.15, -0.1) is 0 Å². The van der Waals surface area contributed by atoms with E-state index in [9.17, 15) is 0 Å². The van der Waals surface area contributed by atoms with Crippen molar-refractivity contribution in [3.8, 4) is 5.75 Å². The highest BCUT2D eigenvalue weighted by Gasteiger charge is 1.89. The number of rotatable bonds is 5. The van der Waals surface area contributed by atoms with Gasteiger partial charge in [0.15, 0.2) is 0 Å². The second-order valence-electron chi connectivity index (χ2n) is 2.55. The molecule has 0 heterocycles. The number of nitrogens with one attached hydrogen (secondary N) is 1. The number of benzene rings is 1. The largest absolute Gasteiger partial charge is 0.494 e. The summed E-state index contributed by atoms with van der Waals surface area (Å²) in [6, 6.07) is 9.73. The zero-order chi connectivity index (χ0) is 9.52. The molecule has 0 spiro atoms. The summed E-state index contributed by atoms with van der Waals surface area (Å²) in [5, 5.41) is 1.41. The van der Waals surface area contributed by atoms with Crippen molar-refractivity contribution in [2.24, 2.45) is 0 Å². The quantitative estimate of drug-likeness (QED) is 0.672. The Hall–Kier alpha value is -1.02. The Bertz CT molecular complexity index is 226. The van der Waals surface area contributed by atoms with Crippen molar-refractivity contribution in [1.82, 2.24) is 5.31 Å². The van der Waals surface area contributed by atoms with E-state index in [0.29, 0.717) is 6.61 Å². The molecule has 0 aromatic heterocycles. The molecule has 2 heteroatoms. The van der Waals surface area contributed by atoms with Gasteiger partial charge in [-0.3, -0.25) is 0 Å². The molecule has 0 unspecified atom stereocenters. The Morgan fingerprint density at radius 3 is 2.83 bits per heavy atom. The Balaban J connectivity index is 2.13. The van der Waals surface area contributed by atoms with Crippen LogP contribution >= 0.6 is 0 Å². The minimum Gasteiger partial charge on any atom is -0.494 e. The van der Waals surface area contributed by atoms with Gasteiger partial charge in [0.25, 0.3) is 0 Å². The average Bonchev–Trinajstić information content (AvgIpc) is 2.14. The highest BCUT2D eigenvalue weighted by atomic mass is 16.5. The maximum Gasteiger partial charge on any atom is 0.122 e. The first-order chi connectivity index (χ1) is 6.29. The van der Waals surface area contributed by atoms with Gasteiger partial charge in [0.2, 0.25) is 0 Å². The molecule has 0 saturated heterocycles. The van der Waals surface area contributed by atoms with Crippen molar-refractivity contribution in [1.29, 1.82) is 0 Å². The lowest BCUT2D eigenvalue weighted by Gasteiger charge is -2.04. The van der Waals surface area contributed by atoms with E-state index in [-0.39, 0.29) is 0 Å². The molecule has 1 aromatic carbocycles. The van der Waals surface area contributed by atoms with E-state index in [1.54, 1.807) is 7.05 Å². The zero-order valence-electron chi connectivity index (χ0n) is 8.36. The molecule has 0 bridgehead atoms. The summed E-state index contributed by atoms with van der Waals surface area (Å²) in [5.41, 5.74) is 0. The first-order valence-electron chi connectivity index (χ1n) is 4.61. The molecule has 0 fully saturated rings. The van der Waals surface area contributed by atoms with Gasteiger partial charge in [-0.05, 0) is 32.1 Å². The summed E-state index contributed by atoms with van der Waals surface area (Å²) in [5.74, 6) is 0.898. The van der Waals surface area contributed by atoms with Crippen molar-refractivity contribution in [2.75, 3.05) is 20.2 Å². The van der Waals surface area contributed by atoms with Crippen molar-refractivity contribution in [2.45, 2.75) is 6.42 Å². The summed E-state index contributed by atoms with van der Waals surface area (Å²) >= 11 is 0. The Labute approximate surface area is 75.0 Å². The number of hydrogen-bond acceptors (Lipinski definition) is 2. The third kappa shape index (κ3) is 3.39. The van der Waals surface area contributed by atoms with E-state index in [0.717, 1.165) is 18.7 Å². The third-order valence-electron chi connectivity index (χ3n) is 1.54. The topological polar surface area (TPSA) is 21.3 Å². The Kier molecular flexibility index (Phi) is 3.56. The molecule has 0 amide bonds. The molecule has 0 atom stereocenters. The lowest BCUT2D eigenvalue weighted by Crippen LogP contribution is -2.11. The molecule has 12 heavy (non-hydrogen) atoms. The van der Waals surface area contributed by atoms with Gasteiger partial charge in [-0.2, -0.15) is 0 Å². The van der Waals surface area contributed by atoms with Crippen LogP contribution < -0.4 is 10.0 Å². The molecule has 0 saturated carbocycles. The first kappa shape index (κ1) is 7.62. The zero-order valence-corrected chi connectivity index (χ0v) is 7.36. The van der Waals surface area contributed by atoms with Crippen molar-refractivity contribution < 1.29 is 6.15 Å². The fourth-order valence-corrected chi connectivity index (χ4v) is 0.929. The highest BCUT2D eigenvalue weighted by Crippen LogP contribution is 2.07. The summed E-state index contributed by atoms with van der Waals surface area (Å²) in [6.07, 6.45) is 0.884. The summed E-state index contributed by atoms with van der Waals surface area (Å²) in [4.78, 5) is 0. The van der Waals surface area contributed by atoms with E-state index in [4.69, 9.17) is 6.15 Å². The van der Waals surface area contributed by atoms with Gasteiger partial charge in [0.05, 0.1) is 6.61 Å². The molecule has 0 aliphatic carbocycles. The molecule has 0 aliphatic rings. The van der Waals surface area contributed by atoms with Crippen LogP contribution in [0.1, 0.15) is 6.42 Å². The summed E-state index contributed by atoms with van der Waals surface area (Å²) in [7, 11) is 1.74. The van der Waals surface area contributed by atoms with E-state index in [1.165, 1.54) is 5.31 Å². The van der Waals surface area contributed by atoms with Gasteiger partial charge < -0.3 is 10.0 Å². The number of para-hydroxylation sites is 1. The standard InChI is InChI=1S/C10H15NO/c1-11-8-5-9-12-10-6-3-2-4-7-10/h2-4,6-7,11H,5,8-9H2,1H3/i/hD. The summed E-state index contributed by atoms with van der Waals surface area (Å²) < 4.78 is 12.6. The molecule has 1 N–H and O–H groups in total. The van der Waals surface area contributed by atoms with Gasteiger partial charge in [-0.1, -0.05) is 18.2 Å². The second-order valence-corrected chi connectivity index (χ2v) is 2.55. The van der Waals surface area contributed by atoms with Crippen LogP contribution in [0.2, 0.25) is 1.41 Å². The van der Waals surface area contributed by atoms with Gasteiger partial charge in [0, 0.05) is 0 Å². The number of hydrogen-bond donors (Lipinski definition) is 1. The predicted molar refractivity (Wildman–Crippen MR) is 50.5 cm³/mol. The summed E-state index contributed by atoms with van der Waals surface area (Å²) in [6.45, 7) is 1.42. The molecule has 1 aromatic rings. The second kappa shape index (κ2) is 5.61. The Morgan fingerprint density at radius 1 is 1.42 bits per heavy atom. The van der Waals surface area contributed by atoms with Gasteiger partial charge in [0.1, 0.15) is 7.16 Å². The third-order valence-corrected chi connectivity index (χ3v) is 1.54. The first-order valence-corrected chi connectivity index (χ1v) is 4.17. The molecule has 0 aliphatic heterocycles. The van der Waals surface area contributed by atoms with Crippen molar-refractivity contribution in [3.05, 3.63) is 30.3 Å².